The SMILES string of the molecule is CCCCCC/C=C\CCCCCCCC/C=C/O[C@H](COC(=O)CCC/C=C\C[C@H]1[C@@H](O)CC(=O)[C@@H]1/C=C/[C@@H](O)CCCCC)COP(=O)(O)OCC[N+](C)(C)C. The first-order valence-electron chi connectivity index (χ1n) is 22.5. The van der Waals surface area contributed by atoms with Crippen molar-refractivity contribution in [1.29, 1.82) is 0 Å². The fraction of sp³-hybridized carbons (Fsp3) is 0.783. The van der Waals surface area contributed by atoms with Crippen molar-refractivity contribution < 1.29 is 52.3 Å². The summed E-state index contributed by atoms with van der Waals surface area (Å²) in [4.78, 5) is 35.3. The van der Waals surface area contributed by atoms with Gasteiger partial charge in [-0.3, -0.25) is 18.6 Å². The topological polar surface area (TPSA) is 149 Å². The van der Waals surface area contributed by atoms with Gasteiger partial charge in [0.1, 0.15) is 25.5 Å². The average Bonchev–Trinajstić information content (AvgIpc) is 3.44. The number of unbranched alkanes of at least 4 members (excludes halogenated alkanes) is 14. The van der Waals surface area contributed by atoms with Gasteiger partial charge in [0.05, 0.1) is 46.2 Å². The molecule has 0 heterocycles. The number of ether oxygens (including phenoxy) is 2. The van der Waals surface area contributed by atoms with Crippen LogP contribution in [0.4, 0.5) is 0 Å². The molecule has 6 atom stereocenters. The number of likely N-dealkylation sites (N-methyl/N-ethyl adjacent to an activating group) is 1. The lowest BCUT2D eigenvalue weighted by Crippen LogP contribution is -2.37. The Labute approximate surface area is 352 Å². The average molecular weight is 841 g/mol. The third kappa shape index (κ3) is 30.0. The van der Waals surface area contributed by atoms with Gasteiger partial charge in [0.25, 0.3) is 0 Å². The number of hydrogen-bond acceptors (Lipinski definition) is 9. The van der Waals surface area contributed by atoms with Crippen LogP contribution in [0.25, 0.3) is 0 Å². The zero-order valence-corrected chi connectivity index (χ0v) is 37.9. The van der Waals surface area contributed by atoms with Gasteiger partial charge in [0.2, 0.25) is 0 Å². The highest BCUT2D eigenvalue weighted by Crippen LogP contribution is 2.43. The van der Waals surface area contributed by atoms with E-state index in [2.05, 4.69) is 26.0 Å². The van der Waals surface area contributed by atoms with Gasteiger partial charge in [-0.15, -0.1) is 0 Å². The van der Waals surface area contributed by atoms with Crippen LogP contribution in [0.5, 0.6) is 0 Å². The number of carbonyl (C=O) groups excluding carboxylic acids is 2. The van der Waals surface area contributed by atoms with E-state index in [0.717, 1.165) is 38.5 Å². The van der Waals surface area contributed by atoms with E-state index in [9.17, 15) is 29.3 Å². The third-order valence-corrected chi connectivity index (χ3v) is 11.3. The fourth-order valence-corrected chi connectivity index (χ4v) is 7.37. The number of nitrogens with zero attached hydrogens (tertiary/aromatic N) is 1. The fourth-order valence-electron chi connectivity index (χ4n) is 6.63. The van der Waals surface area contributed by atoms with Crippen molar-refractivity contribution in [2.75, 3.05) is 47.5 Å². The van der Waals surface area contributed by atoms with E-state index in [1.807, 2.05) is 39.4 Å². The molecule has 0 aromatic rings. The number of carbonyl (C=O) groups is 2. The highest BCUT2D eigenvalue weighted by Gasteiger charge is 2.39. The minimum atomic E-state index is -4.33. The van der Waals surface area contributed by atoms with Gasteiger partial charge in [0.15, 0.2) is 6.10 Å². The Morgan fingerprint density at radius 3 is 2.05 bits per heavy atom. The smallest absolute Gasteiger partial charge is 0.472 e. The van der Waals surface area contributed by atoms with Crippen molar-refractivity contribution in [3.05, 3.63) is 48.8 Å². The van der Waals surface area contributed by atoms with Gasteiger partial charge >= 0.3 is 13.8 Å². The standard InChI is InChI=1S/C46H82NO10P/c1-6-8-10-11-12-13-14-15-16-17-18-19-20-21-24-28-35-54-41(39-57-58(52,53)56-36-34-47(3,4)5)38-55-46(51)31-27-23-22-26-30-42-43(45(50)37-44(42)49)33-32-40(48)29-25-9-7-2/h13-14,22,26,28,32-33,35,40-44,48-49H,6-12,15-21,23-25,27,29-31,34,36-39H2,1-5H3/p+1/b14-13-,26-22-,33-32+,35-28+/t40-,41+,42+,43+,44-/m0/s1. The maximum absolute atomic E-state index is 12.6. The molecule has 1 aliphatic carbocycles. The normalized spacial score (nSPS) is 19.9. The Morgan fingerprint density at radius 1 is 0.810 bits per heavy atom. The minimum Gasteiger partial charge on any atom is -0.492 e. The molecule has 1 aliphatic rings. The molecule has 0 aliphatic heterocycles. The molecule has 0 spiro atoms. The van der Waals surface area contributed by atoms with Crippen molar-refractivity contribution in [3.8, 4) is 0 Å². The number of aliphatic hydroxyl groups excluding tert-OH is 2. The molecule has 0 bridgehead atoms. The Bertz CT molecular complexity index is 1230. The number of phosphoric ester groups is 1. The first-order valence-corrected chi connectivity index (χ1v) is 24.0. The summed E-state index contributed by atoms with van der Waals surface area (Å²) in [5.74, 6) is -1.09. The summed E-state index contributed by atoms with van der Waals surface area (Å²) in [6.45, 7) is 4.47. The molecule has 1 unspecified atom stereocenters. The molecule has 0 aromatic carbocycles. The van der Waals surface area contributed by atoms with Crippen LogP contribution in [0.15, 0.2) is 48.8 Å². The molecule has 3 N–H and O–H groups in total. The second kappa shape index (κ2) is 33.6. The largest absolute Gasteiger partial charge is 0.492 e. The molecule has 58 heavy (non-hydrogen) atoms. The van der Waals surface area contributed by atoms with E-state index in [-0.39, 0.29) is 44.4 Å². The van der Waals surface area contributed by atoms with Crippen LogP contribution in [0, 0.1) is 11.8 Å². The summed E-state index contributed by atoms with van der Waals surface area (Å²) < 4.78 is 34.7. The molecule has 336 valence electrons. The van der Waals surface area contributed by atoms with E-state index < -0.39 is 38.0 Å². The highest BCUT2D eigenvalue weighted by atomic mass is 31.2. The van der Waals surface area contributed by atoms with Gasteiger partial charge in [-0.25, -0.2) is 4.57 Å². The van der Waals surface area contributed by atoms with E-state index in [4.69, 9.17) is 18.5 Å². The van der Waals surface area contributed by atoms with Crippen LogP contribution >= 0.6 is 7.82 Å². The number of Topliss-reactive ketones (excluding diaryl/α,β-unsaturated/α-hetero) is 1. The van der Waals surface area contributed by atoms with E-state index in [1.165, 1.54) is 64.2 Å². The third-order valence-electron chi connectivity index (χ3n) is 10.3. The molecule has 0 saturated heterocycles. The van der Waals surface area contributed by atoms with Crippen molar-refractivity contribution in [3.63, 3.8) is 0 Å². The van der Waals surface area contributed by atoms with Crippen LogP contribution in [-0.4, -0.2) is 97.2 Å². The number of esters is 1. The van der Waals surface area contributed by atoms with E-state index in [1.54, 1.807) is 18.4 Å². The van der Waals surface area contributed by atoms with Crippen LogP contribution < -0.4 is 0 Å². The first-order chi connectivity index (χ1) is 27.8. The summed E-state index contributed by atoms with van der Waals surface area (Å²) >= 11 is 0. The van der Waals surface area contributed by atoms with Crippen molar-refractivity contribution in [2.45, 2.75) is 173 Å². The van der Waals surface area contributed by atoms with Crippen molar-refractivity contribution in [2.24, 2.45) is 11.8 Å². The Balaban J connectivity index is 2.47. The second-order valence-electron chi connectivity index (χ2n) is 16.9. The quantitative estimate of drug-likeness (QED) is 0.0138. The molecular weight excluding hydrogens is 757 g/mol. The number of phosphoric acid groups is 1. The molecule has 1 rings (SSSR count). The minimum absolute atomic E-state index is 0.00798. The molecule has 1 fully saturated rings. The summed E-state index contributed by atoms with van der Waals surface area (Å²) in [6.07, 6.45) is 34.6. The molecule has 0 amide bonds. The monoisotopic (exact) mass is 841 g/mol. The summed E-state index contributed by atoms with van der Waals surface area (Å²) in [7, 11) is 1.52. The van der Waals surface area contributed by atoms with Gasteiger partial charge in [-0.2, -0.15) is 0 Å². The molecular formula is C46H83NO10P+. The molecule has 1 saturated carbocycles. The van der Waals surface area contributed by atoms with Gasteiger partial charge in [-0.1, -0.05) is 115 Å². The van der Waals surface area contributed by atoms with Crippen LogP contribution in [0.3, 0.4) is 0 Å². The lowest BCUT2D eigenvalue weighted by molar-refractivity contribution is -0.870. The number of aliphatic hydroxyl groups is 2. The maximum Gasteiger partial charge on any atom is 0.472 e. The Morgan fingerprint density at radius 2 is 1.40 bits per heavy atom. The number of quaternary nitrogens is 1. The van der Waals surface area contributed by atoms with Crippen LogP contribution in [0.1, 0.15) is 155 Å². The summed E-state index contributed by atoms with van der Waals surface area (Å²) in [5.41, 5.74) is 0. The van der Waals surface area contributed by atoms with Crippen LogP contribution in [-0.2, 0) is 32.7 Å². The lowest BCUT2D eigenvalue weighted by Gasteiger charge is -2.24. The molecule has 11 nitrogen and oxygen atoms in total. The zero-order chi connectivity index (χ0) is 42.9. The van der Waals surface area contributed by atoms with Gasteiger partial charge < -0.3 is 29.1 Å². The first kappa shape index (κ1) is 53.9. The van der Waals surface area contributed by atoms with Crippen molar-refractivity contribution >= 4 is 19.6 Å². The van der Waals surface area contributed by atoms with Gasteiger partial charge in [0, 0.05) is 24.7 Å². The van der Waals surface area contributed by atoms with E-state index in [0.29, 0.717) is 36.7 Å². The predicted octanol–water partition coefficient (Wildman–Crippen LogP) is 10.1. The second-order valence-corrected chi connectivity index (χ2v) is 18.4. The van der Waals surface area contributed by atoms with Crippen molar-refractivity contribution in [1.82, 2.24) is 0 Å². The number of ketones is 1. The van der Waals surface area contributed by atoms with E-state index >= 15 is 0 Å². The summed E-state index contributed by atoms with van der Waals surface area (Å²) in [5, 5.41) is 20.7. The lowest BCUT2D eigenvalue weighted by atomic mass is 9.90. The Kier molecular flexibility index (Phi) is 31.2. The molecule has 0 radical (unpaired) electrons. The zero-order valence-electron chi connectivity index (χ0n) is 37.0. The number of rotatable bonds is 37. The molecule has 12 heteroatoms. The number of allylic oxidation sites excluding steroid dienone is 6. The highest BCUT2D eigenvalue weighted by molar-refractivity contribution is 7.47. The predicted molar refractivity (Wildman–Crippen MR) is 234 cm³/mol. The Hall–Kier alpha value is -2.11. The van der Waals surface area contributed by atoms with Crippen LogP contribution in [0.2, 0.25) is 0 Å². The number of hydrogen-bond donors (Lipinski definition) is 3. The summed E-state index contributed by atoms with van der Waals surface area (Å²) in [6, 6.07) is 0. The molecule has 0 aromatic heterocycles. The van der Waals surface area contributed by atoms with Gasteiger partial charge in [-0.05, 0) is 70.3 Å². The maximum atomic E-state index is 12.6.